The van der Waals surface area contributed by atoms with Crippen molar-refractivity contribution in [2.24, 2.45) is 0 Å². The van der Waals surface area contributed by atoms with E-state index in [0.717, 1.165) is 34.3 Å². The number of aromatic nitrogens is 1. The maximum atomic E-state index is 11.6. The average molecular weight is 376 g/mol. The van der Waals surface area contributed by atoms with Gasteiger partial charge in [0, 0.05) is 18.1 Å². The van der Waals surface area contributed by atoms with Gasteiger partial charge < -0.3 is 9.30 Å². The van der Waals surface area contributed by atoms with E-state index in [2.05, 4.69) is 5.32 Å². The van der Waals surface area contributed by atoms with Crippen LogP contribution in [-0.2, 0) is 11.4 Å². The van der Waals surface area contributed by atoms with E-state index >= 15 is 0 Å². The number of ether oxygens (including phenoxy) is 1. The molecular formula is C21H16N2O3S. The number of hydrogen-bond acceptors (Lipinski definition) is 4. The SMILES string of the molecule is O=C1NC(=O)/C(=C/c2ccn(-c3ccc(OCc4ccccc4)cc3)c2)S1. The van der Waals surface area contributed by atoms with Crippen LogP contribution in [0.1, 0.15) is 11.1 Å². The molecule has 0 bridgehead atoms. The van der Waals surface area contributed by atoms with Gasteiger partial charge in [-0.3, -0.25) is 14.9 Å². The molecule has 6 heteroatoms. The van der Waals surface area contributed by atoms with E-state index in [4.69, 9.17) is 4.74 Å². The number of carbonyl (C=O) groups excluding carboxylic acids is 2. The first kappa shape index (κ1) is 17.2. The van der Waals surface area contributed by atoms with Crippen LogP contribution >= 0.6 is 11.8 Å². The Kier molecular flexibility index (Phi) is 4.80. The summed E-state index contributed by atoms with van der Waals surface area (Å²) in [5.74, 6) is 0.451. The number of carbonyl (C=O) groups is 2. The van der Waals surface area contributed by atoms with Gasteiger partial charge in [0.15, 0.2) is 0 Å². The zero-order valence-electron chi connectivity index (χ0n) is 14.3. The van der Waals surface area contributed by atoms with E-state index in [1.165, 1.54) is 0 Å². The zero-order chi connectivity index (χ0) is 18.6. The highest BCUT2D eigenvalue weighted by atomic mass is 32.2. The fourth-order valence-corrected chi connectivity index (χ4v) is 3.37. The molecule has 0 spiro atoms. The van der Waals surface area contributed by atoms with Crippen LogP contribution < -0.4 is 10.1 Å². The van der Waals surface area contributed by atoms with Gasteiger partial charge in [-0.15, -0.1) is 0 Å². The van der Waals surface area contributed by atoms with Gasteiger partial charge in [0.1, 0.15) is 12.4 Å². The molecule has 0 atom stereocenters. The molecule has 1 saturated heterocycles. The lowest BCUT2D eigenvalue weighted by Crippen LogP contribution is -2.17. The molecule has 1 N–H and O–H groups in total. The van der Waals surface area contributed by atoms with Gasteiger partial charge in [0.25, 0.3) is 11.1 Å². The first-order valence-corrected chi connectivity index (χ1v) is 9.19. The van der Waals surface area contributed by atoms with Crippen LogP contribution in [-0.4, -0.2) is 15.7 Å². The average Bonchev–Trinajstić information content (AvgIpc) is 3.28. The molecule has 0 saturated carbocycles. The first-order valence-electron chi connectivity index (χ1n) is 8.37. The van der Waals surface area contributed by atoms with Crippen LogP contribution in [0, 0.1) is 0 Å². The molecule has 0 aliphatic carbocycles. The van der Waals surface area contributed by atoms with E-state index in [1.807, 2.05) is 77.6 Å². The molecule has 0 radical (unpaired) electrons. The number of benzene rings is 2. The van der Waals surface area contributed by atoms with Gasteiger partial charge in [-0.05, 0) is 59.3 Å². The Hall–Kier alpha value is -3.25. The molecule has 4 rings (SSSR count). The Balaban J connectivity index is 1.43. The van der Waals surface area contributed by atoms with Crippen molar-refractivity contribution < 1.29 is 14.3 Å². The fourth-order valence-electron chi connectivity index (χ4n) is 2.69. The summed E-state index contributed by atoms with van der Waals surface area (Å²) >= 11 is 0.915. The van der Waals surface area contributed by atoms with Gasteiger partial charge in [-0.1, -0.05) is 30.3 Å². The molecule has 5 nitrogen and oxygen atoms in total. The number of thioether (sulfide) groups is 1. The van der Waals surface area contributed by atoms with Crippen molar-refractivity contribution in [1.29, 1.82) is 0 Å². The van der Waals surface area contributed by atoms with Crippen LogP contribution in [0.5, 0.6) is 5.75 Å². The third-order valence-electron chi connectivity index (χ3n) is 4.04. The Morgan fingerprint density at radius 3 is 2.48 bits per heavy atom. The molecule has 134 valence electrons. The number of nitrogens with zero attached hydrogens (tertiary/aromatic N) is 1. The van der Waals surface area contributed by atoms with E-state index < -0.39 is 0 Å². The number of imide groups is 1. The fraction of sp³-hybridized carbons (Fsp3) is 0.0476. The van der Waals surface area contributed by atoms with E-state index in [0.29, 0.717) is 11.5 Å². The molecule has 1 aliphatic heterocycles. The summed E-state index contributed by atoms with van der Waals surface area (Å²) < 4.78 is 7.75. The number of amides is 2. The minimum Gasteiger partial charge on any atom is -0.489 e. The molecule has 3 aromatic rings. The molecular weight excluding hydrogens is 360 g/mol. The summed E-state index contributed by atoms with van der Waals surface area (Å²) in [6.07, 6.45) is 5.52. The van der Waals surface area contributed by atoms with Gasteiger partial charge in [-0.2, -0.15) is 0 Å². The monoisotopic (exact) mass is 376 g/mol. The van der Waals surface area contributed by atoms with Gasteiger partial charge >= 0.3 is 0 Å². The Morgan fingerprint density at radius 1 is 1.00 bits per heavy atom. The van der Waals surface area contributed by atoms with Crippen molar-refractivity contribution in [3.05, 3.63) is 89.1 Å². The second kappa shape index (κ2) is 7.55. The predicted molar refractivity (Wildman–Crippen MR) is 106 cm³/mol. The highest BCUT2D eigenvalue weighted by molar-refractivity contribution is 8.18. The minimum atomic E-state index is -0.349. The van der Waals surface area contributed by atoms with E-state index in [1.54, 1.807) is 6.08 Å². The normalized spacial score (nSPS) is 15.2. The van der Waals surface area contributed by atoms with Crippen molar-refractivity contribution in [2.75, 3.05) is 0 Å². The Labute approximate surface area is 160 Å². The number of rotatable bonds is 5. The summed E-state index contributed by atoms with van der Waals surface area (Å²) in [5.41, 5.74) is 2.95. The maximum Gasteiger partial charge on any atom is 0.290 e. The van der Waals surface area contributed by atoms with Gasteiger partial charge in [-0.25, -0.2) is 0 Å². The topological polar surface area (TPSA) is 60.3 Å². The molecule has 27 heavy (non-hydrogen) atoms. The predicted octanol–water partition coefficient (Wildman–Crippen LogP) is 4.38. The van der Waals surface area contributed by atoms with Crippen molar-refractivity contribution in [1.82, 2.24) is 9.88 Å². The summed E-state index contributed by atoms with van der Waals surface area (Å²) in [5, 5.41) is 1.92. The third kappa shape index (κ3) is 4.12. The summed E-state index contributed by atoms with van der Waals surface area (Å²) in [6, 6.07) is 19.7. The van der Waals surface area contributed by atoms with Crippen LogP contribution in [0.4, 0.5) is 4.79 Å². The van der Waals surface area contributed by atoms with E-state index in [9.17, 15) is 9.59 Å². The molecule has 0 unspecified atom stereocenters. The largest absolute Gasteiger partial charge is 0.489 e. The molecule has 1 aliphatic rings. The number of hydrogen-bond donors (Lipinski definition) is 1. The summed E-state index contributed by atoms with van der Waals surface area (Å²) in [6.45, 7) is 0.528. The third-order valence-corrected chi connectivity index (χ3v) is 4.85. The second-order valence-corrected chi connectivity index (χ2v) is 6.99. The molecule has 2 amide bonds. The maximum absolute atomic E-state index is 11.6. The van der Waals surface area contributed by atoms with Crippen molar-refractivity contribution in [3.63, 3.8) is 0 Å². The van der Waals surface area contributed by atoms with Crippen molar-refractivity contribution >= 4 is 29.0 Å². The molecule has 1 fully saturated rings. The van der Waals surface area contributed by atoms with Crippen LogP contribution in [0.2, 0.25) is 0 Å². The summed E-state index contributed by atoms with van der Waals surface area (Å²) in [4.78, 5) is 23.3. The van der Waals surface area contributed by atoms with Crippen LogP contribution in [0.15, 0.2) is 78.0 Å². The molecule has 2 aromatic carbocycles. The highest BCUT2D eigenvalue weighted by Gasteiger charge is 2.24. The smallest absolute Gasteiger partial charge is 0.290 e. The van der Waals surface area contributed by atoms with Crippen molar-refractivity contribution in [3.8, 4) is 11.4 Å². The summed E-state index contributed by atoms with van der Waals surface area (Å²) in [7, 11) is 0. The van der Waals surface area contributed by atoms with Crippen LogP contribution in [0.25, 0.3) is 11.8 Å². The second-order valence-electron chi connectivity index (χ2n) is 5.97. The first-order chi connectivity index (χ1) is 13.2. The Bertz CT molecular complexity index is 1010. The quantitative estimate of drug-likeness (QED) is 0.672. The van der Waals surface area contributed by atoms with Crippen molar-refractivity contribution in [2.45, 2.75) is 6.61 Å². The molecule has 2 heterocycles. The minimum absolute atomic E-state index is 0.336. The number of nitrogens with one attached hydrogen (secondary N) is 1. The Morgan fingerprint density at radius 2 is 1.78 bits per heavy atom. The van der Waals surface area contributed by atoms with Crippen LogP contribution in [0.3, 0.4) is 0 Å². The zero-order valence-corrected chi connectivity index (χ0v) is 15.1. The standard InChI is InChI=1S/C21H16N2O3S/c24-20-19(27-21(25)22-20)12-16-10-11-23(13-16)17-6-8-18(9-7-17)26-14-15-4-2-1-3-5-15/h1-13H,14H2,(H,22,24,25)/b19-12-. The molecule has 1 aromatic heterocycles. The van der Waals surface area contributed by atoms with Gasteiger partial charge in [0.05, 0.1) is 4.91 Å². The lowest BCUT2D eigenvalue weighted by Gasteiger charge is -2.08. The lowest BCUT2D eigenvalue weighted by molar-refractivity contribution is -0.115. The van der Waals surface area contributed by atoms with E-state index in [-0.39, 0.29) is 11.1 Å². The highest BCUT2D eigenvalue weighted by Crippen LogP contribution is 2.26. The van der Waals surface area contributed by atoms with Gasteiger partial charge in [0.2, 0.25) is 0 Å². The lowest BCUT2D eigenvalue weighted by atomic mass is 10.2.